The first kappa shape index (κ1) is 26.0. The van der Waals surface area contributed by atoms with Crippen LogP contribution in [0.1, 0.15) is 75.8 Å². The molecule has 2 aliphatic rings. The van der Waals surface area contributed by atoms with E-state index in [0.717, 1.165) is 47.5 Å². The number of Topliss-reactive ketones (excluding diaryl/α,β-unsaturated/α-hetero) is 1. The second kappa shape index (κ2) is 11.8. The van der Waals surface area contributed by atoms with Crippen molar-refractivity contribution in [1.82, 2.24) is 5.32 Å². The van der Waals surface area contributed by atoms with Gasteiger partial charge in [0.25, 0.3) is 0 Å². The maximum Gasteiger partial charge on any atom is 0.336 e. The van der Waals surface area contributed by atoms with E-state index in [0.29, 0.717) is 42.2 Å². The maximum absolute atomic E-state index is 13.7. The first-order chi connectivity index (χ1) is 17.4. The van der Waals surface area contributed by atoms with Crippen LogP contribution in [0.5, 0.6) is 5.75 Å². The van der Waals surface area contributed by atoms with Gasteiger partial charge in [0.05, 0.1) is 18.8 Å². The lowest BCUT2D eigenvalue weighted by atomic mass is 9.71. The first-order valence-corrected chi connectivity index (χ1v) is 13.2. The quantitative estimate of drug-likeness (QED) is 0.297. The second-order valence-corrected chi connectivity index (χ2v) is 9.91. The molecule has 2 aromatic carbocycles. The highest BCUT2D eigenvalue weighted by molar-refractivity contribution is 6.30. The normalized spacial score (nSPS) is 19.6. The largest absolute Gasteiger partial charge is 0.494 e. The fraction of sp³-hybridized carbons (Fsp3) is 0.400. The predicted octanol–water partition coefficient (Wildman–Crippen LogP) is 6.83. The smallest absolute Gasteiger partial charge is 0.336 e. The third-order valence-electron chi connectivity index (χ3n) is 6.81. The summed E-state index contributed by atoms with van der Waals surface area (Å²) in [6, 6.07) is 15.4. The zero-order chi connectivity index (χ0) is 25.7. The Morgan fingerprint density at radius 3 is 2.33 bits per heavy atom. The minimum Gasteiger partial charge on any atom is -0.494 e. The van der Waals surface area contributed by atoms with Crippen molar-refractivity contribution < 1.29 is 19.1 Å². The van der Waals surface area contributed by atoms with Gasteiger partial charge in [0.1, 0.15) is 5.75 Å². The van der Waals surface area contributed by atoms with Gasteiger partial charge in [0.15, 0.2) is 5.78 Å². The highest BCUT2D eigenvalue weighted by Crippen LogP contribution is 2.46. The molecule has 0 saturated carbocycles. The van der Waals surface area contributed by atoms with Gasteiger partial charge < -0.3 is 14.8 Å². The minimum absolute atomic E-state index is 0.0476. The van der Waals surface area contributed by atoms with Crippen LogP contribution in [-0.4, -0.2) is 25.0 Å². The van der Waals surface area contributed by atoms with Gasteiger partial charge in [-0.25, -0.2) is 4.79 Å². The Labute approximate surface area is 218 Å². The van der Waals surface area contributed by atoms with Gasteiger partial charge in [-0.3, -0.25) is 4.79 Å². The van der Waals surface area contributed by atoms with Crippen molar-refractivity contribution in [3.05, 3.63) is 87.2 Å². The molecule has 6 heteroatoms. The zero-order valence-corrected chi connectivity index (χ0v) is 22.0. The van der Waals surface area contributed by atoms with Gasteiger partial charge in [-0.2, -0.15) is 0 Å². The molecular formula is C30H34ClNO4. The fourth-order valence-electron chi connectivity index (χ4n) is 4.98. The Balaban J connectivity index is 1.71. The number of unbranched alkanes of at least 4 members (excludes halogenated alkanes) is 1. The van der Waals surface area contributed by atoms with Crippen molar-refractivity contribution in [2.45, 2.75) is 64.7 Å². The number of hydrogen-bond donors (Lipinski definition) is 1. The second-order valence-electron chi connectivity index (χ2n) is 9.48. The number of hydrogen-bond acceptors (Lipinski definition) is 5. The molecule has 1 aliphatic heterocycles. The average Bonchev–Trinajstić information content (AvgIpc) is 2.87. The summed E-state index contributed by atoms with van der Waals surface area (Å²) in [7, 11) is 0. The van der Waals surface area contributed by atoms with E-state index in [1.54, 1.807) is 0 Å². The molecule has 2 aromatic rings. The summed E-state index contributed by atoms with van der Waals surface area (Å²) in [5.41, 5.74) is 4.75. The molecule has 5 nitrogen and oxygen atoms in total. The molecule has 0 spiro atoms. The number of esters is 1. The number of benzene rings is 2. The number of dihydropyridines is 1. The van der Waals surface area contributed by atoms with Crippen LogP contribution in [0.25, 0.3) is 0 Å². The number of ketones is 1. The standard InChI is InChI=1S/C30H34ClNO4/c1-4-6-16-36-30(34)27-19(3)32-25-17-22(20-7-11-23(31)12-8-20)18-26(33)29(25)28(27)21-9-13-24(14-10-21)35-15-5-2/h7-14,22,28,32H,4-6,15-18H2,1-3H3. The van der Waals surface area contributed by atoms with E-state index in [1.165, 1.54) is 0 Å². The molecule has 0 saturated heterocycles. The topological polar surface area (TPSA) is 64.6 Å². The number of halogens is 1. The van der Waals surface area contributed by atoms with Crippen molar-refractivity contribution in [3.8, 4) is 5.75 Å². The lowest BCUT2D eigenvalue weighted by molar-refractivity contribution is -0.139. The average molecular weight is 508 g/mol. The van der Waals surface area contributed by atoms with Gasteiger partial charge >= 0.3 is 5.97 Å². The van der Waals surface area contributed by atoms with E-state index >= 15 is 0 Å². The van der Waals surface area contributed by atoms with Crippen LogP contribution in [0, 0.1) is 0 Å². The highest BCUT2D eigenvalue weighted by atomic mass is 35.5. The summed E-state index contributed by atoms with van der Waals surface area (Å²) < 4.78 is 11.4. The molecule has 1 N–H and O–H groups in total. The number of nitrogens with one attached hydrogen (secondary N) is 1. The van der Waals surface area contributed by atoms with Gasteiger partial charge in [0, 0.05) is 34.3 Å². The van der Waals surface area contributed by atoms with E-state index < -0.39 is 5.92 Å². The number of carbonyl (C=O) groups excluding carboxylic acids is 2. The zero-order valence-electron chi connectivity index (χ0n) is 21.2. The third kappa shape index (κ3) is 5.67. The number of allylic oxidation sites excluding steroid dienone is 3. The Morgan fingerprint density at radius 2 is 1.67 bits per heavy atom. The van der Waals surface area contributed by atoms with Crippen molar-refractivity contribution in [2.75, 3.05) is 13.2 Å². The van der Waals surface area contributed by atoms with Crippen molar-refractivity contribution >= 4 is 23.4 Å². The Bertz CT molecular complexity index is 1160. The lowest BCUT2D eigenvalue weighted by Crippen LogP contribution is -2.36. The van der Waals surface area contributed by atoms with Crippen LogP contribution in [0.2, 0.25) is 5.02 Å². The monoisotopic (exact) mass is 507 g/mol. The molecule has 4 rings (SSSR count). The van der Waals surface area contributed by atoms with E-state index in [9.17, 15) is 9.59 Å². The van der Waals surface area contributed by atoms with Gasteiger partial charge in [-0.05, 0) is 67.5 Å². The Kier molecular flexibility index (Phi) is 8.52. The number of carbonyl (C=O) groups is 2. The summed E-state index contributed by atoms with van der Waals surface area (Å²) in [5, 5.41) is 4.08. The van der Waals surface area contributed by atoms with Crippen molar-refractivity contribution in [1.29, 1.82) is 0 Å². The van der Waals surface area contributed by atoms with Gasteiger partial charge in [0.2, 0.25) is 0 Å². The summed E-state index contributed by atoms with van der Waals surface area (Å²) in [4.78, 5) is 27.0. The molecule has 190 valence electrons. The van der Waals surface area contributed by atoms with Crippen LogP contribution in [0.4, 0.5) is 0 Å². The number of ether oxygens (including phenoxy) is 2. The molecule has 36 heavy (non-hydrogen) atoms. The van der Waals surface area contributed by atoms with E-state index in [4.69, 9.17) is 21.1 Å². The molecular weight excluding hydrogens is 474 g/mol. The maximum atomic E-state index is 13.7. The molecule has 0 bridgehead atoms. The Hall–Kier alpha value is -3.05. The third-order valence-corrected chi connectivity index (χ3v) is 7.06. The molecule has 2 unspecified atom stereocenters. The molecule has 1 heterocycles. The van der Waals surface area contributed by atoms with Gasteiger partial charge in [-0.15, -0.1) is 0 Å². The summed E-state index contributed by atoms with van der Waals surface area (Å²) in [5.74, 6) is 0.0243. The van der Waals surface area contributed by atoms with Crippen LogP contribution >= 0.6 is 11.6 Å². The van der Waals surface area contributed by atoms with Crippen LogP contribution < -0.4 is 10.1 Å². The summed E-state index contributed by atoms with van der Waals surface area (Å²) >= 11 is 6.08. The van der Waals surface area contributed by atoms with Crippen molar-refractivity contribution in [2.24, 2.45) is 0 Å². The highest BCUT2D eigenvalue weighted by Gasteiger charge is 2.41. The molecule has 0 fully saturated rings. The molecule has 0 amide bonds. The fourth-order valence-corrected chi connectivity index (χ4v) is 5.10. The SMILES string of the molecule is CCCCOC(=O)C1=C(C)NC2=C(C(=O)CC(c3ccc(Cl)cc3)C2)C1c1ccc(OCCC)cc1. The molecule has 2 atom stereocenters. The van der Waals surface area contributed by atoms with E-state index in [1.807, 2.05) is 55.5 Å². The number of rotatable bonds is 9. The van der Waals surface area contributed by atoms with E-state index in [-0.39, 0.29) is 17.7 Å². The van der Waals surface area contributed by atoms with Gasteiger partial charge in [-0.1, -0.05) is 56.1 Å². The molecule has 1 aliphatic carbocycles. The lowest BCUT2D eigenvalue weighted by Gasteiger charge is -2.36. The molecule has 0 aromatic heterocycles. The Morgan fingerprint density at radius 1 is 0.972 bits per heavy atom. The summed E-state index contributed by atoms with van der Waals surface area (Å²) in [6.45, 7) is 7.01. The van der Waals surface area contributed by atoms with Crippen LogP contribution in [0.3, 0.4) is 0 Å². The van der Waals surface area contributed by atoms with E-state index in [2.05, 4.69) is 19.2 Å². The molecule has 0 radical (unpaired) electrons. The first-order valence-electron chi connectivity index (χ1n) is 12.8. The predicted molar refractivity (Wildman–Crippen MR) is 142 cm³/mol. The minimum atomic E-state index is -0.478. The van der Waals surface area contributed by atoms with Crippen LogP contribution in [0.15, 0.2) is 71.1 Å². The van der Waals surface area contributed by atoms with Crippen LogP contribution in [-0.2, 0) is 14.3 Å². The van der Waals surface area contributed by atoms with Crippen molar-refractivity contribution in [3.63, 3.8) is 0 Å². The summed E-state index contributed by atoms with van der Waals surface area (Å²) in [6.07, 6.45) is 3.73.